The van der Waals surface area contributed by atoms with Crippen molar-refractivity contribution < 1.29 is 22.4 Å². The number of rotatable bonds is 8. The molecule has 0 saturated carbocycles. The zero-order valence-corrected chi connectivity index (χ0v) is 20.5. The van der Waals surface area contributed by atoms with Gasteiger partial charge in [-0.2, -0.15) is 4.72 Å². The maximum Gasteiger partial charge on any atom is 0.251 e. The summed E-state index contributed by atoms with van der Waals surface area (Å²) in [6.07, 6.45) is 4.76. The molecule has 2 aromatic heterocycles. The molecule has 0 unspecified atom stereocenters. The molecular weight excluding hydrogens is 515 g/mol. The lowest BCUT2D eigenvalue weighted by Crippen LogP contribution is -2.40. The molecule has 8 nitrogen and oxygen atoms in total. The van der Waals surface area contributed by atoms with Crippen molar-refractivity contribution in [3.8, 4) is 0 Å². The number of anilines is 1. The maximum absolute atomic E-state index is 14.8. The van der Waals surface area contributed by atoms with Crippen LogP contribution in [0, 0.1) is 5.82 Å². The predicted molar refractivity (Wildman–Crippen MR) is 133 cm³/mol. The summed E-state index contributed by atoms with van der Waals surface area (Å²) in [5, 5.41) is 3.66. The summed E-state index contributed by atoms with van der Waals surface area (Å²) in [6, 6.07) is 9.60. The number of hydrogen-bond acceptors (Lipinski definition) is 6. The van der Waals surface area contributed by atoms with Gasteiger partial charge in [-0.05, 0) is 60.5 Å². The highest BCUT2D eigenvalue weighted by Crippen LogP contribution is 2.26. The number of aromatic nitrogens is 1. The van der Waals surface area contributed by atoms with Gasteiger partial charge in [0.2, 0.25) is 15.9 Å². The van der Waals surface area contributed by atoms with Crippen molar-refractivity contribution in [2.24, 2.45) is 0 Å². The van der Waals surface area contributed by atoms with Crippen molar-refractivity contribution in [2.75, 3.05) is 11.4 Å². The van der Waals surface area contributed by atoms with Crippen LogP contribution in [0.4, 0.5) is 10.1 Å². The molecule has 1 aliphatic heterocycles. The van der Waals surface area contributed by atoms with Gasteiger partial charge in [-0.25, -0.2) is 12.8 Å². The summed E-state index contributed by atoms with van der Waals surface area (Å²) >= 11 is 7.05. The van der Waals surface area contributed by atoms with E-state index >= 15 is 0 Å². The molecule has 0 spiro atoms. The highest BCUT2D eigenvalue weighted by Gasteiger charge is 2.36. The number of pyridine rings is 1. The molecular formula is C23H20ClFN4O4S2. The minimum Gasteiger partial charge on any atom is -0.348 e. The molecule has 1 fully saturated rings. The van der Waals surface area contributed by atoms with Gasteiger partial charge < -0.3 is 10.2 Å². The highest BCUT2D eigenvalue weighted by molar-refractivity contribution is 7.92. The van der Waals surface area contributed by atoms with Gasteiger partial charge in [0.05, 0.1) is 10.0 Å². The Balaban J connectivity index is 1.39. The first kappa shape index (κ1) is 25.0. The number of nitrogens with one attached hydrogen (secondary N) is 2. The predicted octanol–water partition coefficient (Wildman–Crippen LogP) is 3.56. The van der Waals surface area contributed by atoms with Crippen molar-refractivity contribution in [2.45, 2.75) is 19.0 Å². The topological polar surface area (TPSA) is 108 Å². The molecule has 182 valence electrons. The minimum absolute atomic E-state index is 0.0221. The molecule has 2 amide bonds. The Bertz CT molecular complexity index is 1380. The lowest BCUT2D eigenvalue weighted by molar-refractivity contribution is -0.118. The molecule has 3 aromatic rings. The number of carbonyl (C=O) groups excluding carboxylic acids is 2. The van der Waals surface area contributed by atoms with E-state index in [1.165, 1.54) is 34.4 Å². The number of benzene rings is 1. The number of carbonyl (C=O) groups is 2. The second-order valence-corrected chi connectivity index (χ2v) is 11.0. The molecule has 0 bridgehead atoms. The quantitative estimate of drug-likeness (QED) is 0.459. The van der Waals surface area contributed by atoms with Gasteiger partial charge >= 0.3 is 0 Å². The zero-order valence-electron chi connectivity index (χ0n) is 18.1. The molecule has 1 atom stereocenters. The van der Waals surface area contributed by atoms with Gasteiger partial charge in [-0.1, -0.05) is 11.6 Å². The van der Waals surface area contributed by atoms with Crippen LogP contribution in [0.2, 0.25) is 4.34 Å². The summed E-state index contributed by atoms with van der Waals surface area (Å²) in [6.45, 7) is 0.381. The van der Waals surface area contributed by atoms with Crippen molar-refractivity contribution in [1.29, 1.82) is 0 Å². The third-order valence-electron chi connectivity index (χ3n) is 5.22. The molecule has 3 heterocycles. The lowest BCUT2D eigenvalue weighted by atomic mass is 10.1. The molecule has 2 N–H and O–H groups in total. The van der Waals surface area contributed by atoms with E-state index in [2.05, 4.69) is 15.0 Å². The first-order valence-electron chi connectivity index (χ1n) is 10.5. The van der Waals surface area contributed by atoms with Crippen LogP contribution in [0.15, 0.2) is 60.3 Å². The number of thiophene rings is 1. The second-order valence-electron chi connectivity index (χ2n) is 7.64. The molecule has 4 rings (SSSR count). The number of amides is 2. The summed E-state index contributed by atoms with van der Waals surface area (Å²) in [4.78, 5) is 30.9. The van der Waals surface area contributed by atoms with Gasteiger partial charge in [0.15, 0.2) is 0 Å². The summed E-state index contributed by atoms with van der Waals surface area (Å²) in [5.41, 5.74) is 0.921. The van der Waals surface area contributed by atoms with E-state index in [1.807, 2.05) is 0 Å². The fraction of sp³-hybridized carbons (Fsp3) is 0.174. The standard InChI is InChI=1S/C23H20ClFN4O4S2/c24-21-4-2-17(34-21)8-12-35(32,33)28-19-7-11-29(23(19)31)20-3-1-16(13-18(20)25)22(30)27-14-15-5-9-26-10-6-15/h1-6,8-10,12-13,19,28H,7,11,14H2,(H,27,30)/b12-8+/t19-/m0/s1. The Morgan fingerprint density at radius 2 is 2.00 bits per heavy atom. The molecule has 1 saturated heterocycles. The van der Waals surface area contributed by atoms with Crippen molar-refractivity contribution in [1.82, 2.24) is 15.0 Å². The lowest BCUT2D eigenvalue weighted by Gasteiger charge is -2.18. The monoisotopic (exact) mass is 534 g/mol. The Kier molecular flexibility index (Phi) is 7.60. The minimum atomic E-state index is -3.91. The Hall–Kier alpha value is -3.12. The second kappa shape index (κ2) is 10.6. The van der Waals surface area contributed by atoms with Crippen LogP contribution in [-0.2, 0) is 21.4 Å². The van der Waals surface area contributed by atoms with Gasteiger partial charge in [0.25, 0.3) is 5.91 Å². The molecule has 0 aliphatic carbocycles. The summed E-state index contributed by atoms with van der Waals surface area (Å²) < 4.78 is 42.5. The maximum atomic E-state index is 14.8. The van der Waals surface area contributed by atoms with E-state index in [4.69, 9.17) is 11.6 Å². The van der Waals surface area contributed by atoms with Crippen LogP contribution >= 0.6 is 22.9 Å². The van der Waals surface area contributed by atoms with E-state index in [9.17, 15) is 22.4 Å². The normalized spacial score (nSPS) is 16.2. The van der Waals surface area contributed by atoms with Crippen molar-refractivity contribution in [3.05, 3.63) is 86.4 Å². The Morgan fingerprint density at radius 3 is 2.69 bits per heavy atom. The number of halogens is 2. The van der Waals surface area contributed by atoms with E-state index < -0.39 is 33.7 Å². The third kappa shape index (κ3) is 6.31. The molecule has 12 heteroatoms. The van der Waals surface area contributed by atoms with Crippen LogP contribution in [-0.4, -0.2) is 37.8 Å². The van der Waals surface area contributed by atoms with E-state index in [0.717, 1.165) is 17.0 Å². The molecule has 35 heavy (non-hydrogen) atoms. The molecule has 1 aromatic carbocycles. The fourth-order valence-corrected chi connectivity index (χ4v) is 5.56. The SMILES string of the molecule is O=C(NCc1ccncc1)c1ccc(N2CC[C@H](NS(=O)(=O)/C=C/c3ccc(Cl)s3)C2=O)c(F)c1. The average Bonchev–Trinajstić information content (AvgIpc) is 3.42. The highest BCUT2D eigenvalue weighted by atomic mass is 35.5. The number of sulfonamides is 1. The average molecular weight is 535 g/mol. The molecule has 0 radical (unpaired) electrons. The number of nitrogens with zero attached hydrogens (tertiary/aromatic N) is 2. The van der Waals surface area contributed by atoms with E-state index in [0.29, 0.717) is 9.21 Å². The van der Waals surface area contributed by atoms with E-state index in [-0.39, 0.29) is 30.8 Å². The largest absolute Gasteiger partial charge is 0.348 e. The first-order valence-corrected chi connectivity index (χ1v) is 13.2. The summed E-state index contributed by atoms with van der Waals surface area (Å²) in [7, 11) is -3.91. The summed E-state index contributed by atoms with van der Waals surface area (Å²) in [5.74, 6) is -1.80. The van der Waals surface area contributed by atoms with Gasteiger partial charge in [-0.3, -0.25) is 14.6 Å². The van der Waals surface area contributed by atoms with E-state index in [1.54, 1.807) is 36.7 Å². The van der Waals surface area contributed by atoms with Gasteiger partial charge in [-0.15, -0.1) is 11.3 Å². The zero-order chi connectivity index (χ0) is 25.0. The van der Waals surface area contributed by atoms with Crippen LogP contribution in [0.5, 0.6) is 0 Å². The van der Waals surface area contributed by atoms with Gasteiger partial charge in [0.1, 0.15) is 11.9 Å². The first-order chi connectivity index (χ1) is 16.7. The number of hydrogen-bond donors (Lipinski definition) is 2. The van der Waals surface area contributed by atoms with Gasteiger partial charge in [0, 0.05) is 41.3 Å². The van der Waals surface area contributed by atoms with Crippen LogP contribution in [0.3, 0.4) is 0 Å². The molecule has 1 aliphatic rings. The van der Waals surface area contributed by atoms with Crippen LogP contribution in [0.25, 0.3) is 6.08 Å². The Labute approximate surface area is 210 Å². The third-order valence-corrected chi connectivity index (χ3v) is 7.52. The van der Waals surface area contributed by atoms with Crippen molar-refractivity contribution >= 4 is 56.5 Å². The fourth-order valence-electron chi connectivity index (χ4n) is 3.49. The Morgan fingerprint density at radius 1 is 1.23 bits per heavy atom. The smallest absolute Gasteiger partial charge is 0.251 e. The van der Waals surface area contributed by atoms with Crippen LogP contribution in [0.1, 0.15) is 27.2 Å². The van der Waals surface area contributed by atoms with Crippen LogP contribution < -0.4 is 14.9 Å². The van der Waals surface area contributed by atoms with Crippen molar-refractivity contribution in [3.63, 3.8) is 0 Å².